The third-order valence-corrected chi connectivity index (χ3v) is 5.98. The topological polar surface area (TPSA) is 65.2 Å². The van der Waals surface area contributed by atoms with Crippen LogP contribution in [0, 0.1) is 0 Å². The highest BCUT2D eigenvalue weighted by molar-refractivity contribution is 5.85. The van der Waals surface area contributed by atoms with Gasteiger partial charge in [0.1, 0.15) is 17.3 Å². The minimum Gasteiger partial charge on any atom is -0.495 e. The van der Waals surface area contributed by atoms with E-state index in [1.807, 2.05) is 24.3 Å². The van der Waals surface area contributed by atoms with Gasteiger partial charge in [0, 0.05) is 36.2 Å². The number of H-pyrrole nitrogens is 1. The number of hydrogen-bond donors (Lipinski definition) is 3. The first-order valence-corrected chi connectivity index (χ1v) is 11.4. The number of nitrogens with one attached hydrogen (secondary N) is 3. The number of alkyl halides is 4. The van der Waals surface area contributed by atoms with Crippen LogP contribution in [0.2, 0.25) is 0 Å². The largest absolute Gasteiger partial charge is 0.495 e. The van der Waals surface area contributed by atoms with E-state index >= 15 is 0 Å². The summed E-state index contributed by atoms with van der Waals surface area (Å²) < 4.78 is 58.3. The molecule has 3 N–H and O–H groups in total. The SMILES string of the molecule is COc1ccc(NCCNCCCF)nc1C1c2[nH]c3ccccc3c2CCN1CC(F)(F)F. The van der Waals surface area contributed by atoms with Gasteiger partial charge in [0.15, 0.2) is 0 Å². The van der Waals surface area contributed by atoms with Crippen LogP contribution in [0.25, 0.3) is 10.9 Å². The summed E-state index contributed by atoms with van der Waals surface area (Å²) in [4.78, 5) is 9.46. The lowest BCUT2D eigenvalue weighted by Crippen LogP contribution is -2.42. The van der Waals surface area contributed by atoms with Crippen LogP contribution < -0.4 is 15.4 Å². The molecule has 4 rings (SSSR count). The maximum absolute atomic E-state index is 13.5. The fourth-order valence-electron chi connectivity index (χ4n) is 4.53. The van der Waals surface area contributed by atoms with E-state index in [1.165, 1.54) is 12.0 Å². The monoisotopic (exact) mass is 479 g/mol. The molecular formula is C24H29F4N5O. The average Bonchev–Trinajstić information content (AvgIpc) is 3.18. The third kappa shape index (κ3) is 5.44. The lowest BCUT2D eigenvalue weighted by atomic mass is 9.94. The van der Waals surface area contributed by atoms with Crippen LogP contribution >= 0.6 is 0 Å². The lowest BCUT2D eigenvalue weighted by molar-refractivity contribution is -0.150. The van der Waals surface area contributed by atoms with Gasteiger partial charge in [-0.2, -0.15) is 13.2 Å². The Morgan fingerprint density at radius 2 is 1.97 bits per heavy atom. The number of pyridine rings is 1. The Labute approximate surface area is 195 Å². The molecule has 1 aromatic carbocycles. The van der Waals surface area contributed by atoms with Gasteiger partial charge in [-0.05, 0) is 43.1 Å². The van der Waals surface area contributed by atoms with E-state index in [0.29, 0.717) is 55.4 Å². The first-order valence-electron chi connectivity index (χ1n) is 11.4. The van der Waals surface area contributed by atoms with Crippen molar-refractivity contribution in [3.8, 4) is 5.75 Å². The molecule has 1 aliphatic rings. The minimum atomic E-state index is -4.35. The molecule has 0 spiro atoms. The number of methoxy groups -OCH3 is 1. The smallest absolute Gasteiger partial charge is 0.401 e. The number of fused-ring (bicyclic) bond motifs is 3. The average molecular weight is 480 g/mol. The predicted molar refractivity (Wildman–Crippen MR) is 124 cm³/mol. The molecule has 10 heteroatoms. The number of nitrogens with zero attached hydrogens (tertiary/aromatic N) is 2. The fraction of sp³-hybridized carbons (Fsp3) is 0.458. The van der Waals surface area contributed by atoms with Crippen LogP contribution in [0.1, 0.15) is 29.4 Å². The van der Waals surface area contributed by atoms with E-state index in [-0.39, 0.29) is 13.2 Å². The van der Waals surface area contributed by atoms with E-state index in [4.69, 9.17) is 9.72 Å². The summed E-state index contributed by atoms with van der Waals surface area (Å²) >= 11 is 0. The van der Waals surface area contributed by atoms with Crippen molar-refractivity contribution in [1.29, 1.82) is 0 Å². The Bertz CT molecular complexity index is 1100. The number of hydrogen-bond acceptors (Lipinski definition) is 5. The molecule has 0 bridgehead atoms. The molecule has 3 heterocycles. The summed E-state index contributed by atoms with van der Waals surface area (Å²) in [5, 5.41) is 7.33. The van der Waals surface area contributed by atoms with Crippen molar-refractivity contribution < 1.29 is 22.3 Å². The molecule has 1 aliphatic heterocycles. The Kier molecular flexibility index (Phi) is 7.57. The van der Waals surface area contributed by atoms with Crippen molar-refractivity contribution in [3.05, 3.63) is 53.3 Å². The molecule has 184 valence electrons. The Morgan fingerprint density at radius 1 is 1.15 bits per heavy atom. The zero-order valence-corrected chi connectivity index (χ0v) is 19.0. The second kappa shape index (κ2) is 10.6. The number of aromatic amines is 1. The highest BCUT2D eigenvalue weighted by Gasteiger charge is 2.40. The number of aromatic nitrogens is 2. The zero-order chi connectivity index (χ0) is 24.1. The molecule has 0 saturated heterocycles. The first-order chi connectivity index (χ1) is 16.4. The van der Waals surface area contributed by atoms with Crippen LogP contribution in [-0.2, 0) is 6.42 Å². The number of ether oxygens (including phenoxy) is 1. The van der Waals surface area contributed by atoms with Crippen LogP contribution in [0.15, 0.2) is 36.4 Å². The van der Waals surface area contributed by atoms with Gasteiger partial charge in [0.25, 0.3) is 0 Å². The highest BCUT2D eigenvalue weighted by atomic mass is 19.4. The van der Waals surface area contributed by atoms with Gasteiger partial charge < -0.3 is 20.4 Å². The van der Waals surface area contributed by atoms with E-state index in [1.54, 1.807) is 12.1 Å². The van der Waals surface area contributed by atoms with Crippen molar-refractivity contribution in [1.82, 2.24) is 20.2 Å². The van der Waals surface area contributed by atoms with Gasteiger partial charge in [-0.1, -0.05) is 18.2 Å². The fourth-order valence-corrected chi connectivity index (χ4v) is 4.53. The lowest BCUT2D eigenvalue weighted by Gasteiger charge is -2.36. The Balaban J connectivity index is 1.68. The molecule has 1 atom stereocenters. The number of anilines is 1. The second-order valence-corrected chi connectivity index (χ2v) is 8.30. The van der Waals surface area contributed by atoms with Gasteiger partial charge in [0.2, 0.25) is 0 Å². The maximum Gasteiger partial charge on any atom is 0.401 e. The Hall–Kier alpha value is -2.85. The minimum absolute atomic E-state index is 0.250. The van der Waals surface area contributed by atoms with Gasteiger partial charge >= 0.3 is 6.18 Å². The predicted octanol–water partition coefficient (Wildman–Crippen LogP) is 4.44. The number of rotatable bonds is 10. The van der Waals surface area contributed by atoms with Crippen molar-refractivity contribution in [2.75, 3.05) is 51.8 Å². The summed E-state index contributed by atoms with van der Waals surface area (Å²) in [6.07, 6.45) is -3.39. The Morgan fingerprint density at radius 3 is 2.74 bits per heavy atom. The normalized spacial score (nSPS) is 16.6. The summed E-state index contributed by atoms with van der Waals surface area (Å²) in [6.45, 7) is 0.568. The van der Waals surface area contributed by atoms with E-state index < -0.39 is 18.8 Å². The summed E-state index contributed by atoms with van der Waals surface area (Å²) in [6, 6.07) is 10.5. The van der Waals surface area contributed by atoms with Crippen molar-refractivity contribution in [2.24, 2.45) is 0 Å². The molecule has 0 saturated carbocycles. The standard InChI is InChI=1S/C24H29F4N5O/c1-34-19-7-8-20(30-13-12-29-11-4-10-25)32-22(19)23-21-17(9-14-33(23)15-24(26,27)28)16-5-2-3-6-18(16)31-21/h2-3,5-8,23,29,31H,4,9-15H2,1H3,(H,30,32). The van der Waals surface area contributed by atoms with Gasteiger partial charge in [-0.25, -0.2) is 4.98 Å². The molecule has 0 fully saturated rings. The molecule has 0 amide bonds. The number of benzene rings is 1. The van der Waals surface area contributed by atoms with Crippen molar-refractivity contribution >= 4 is 16.7 Å². The molecule has 3 aromatic rings. The maximum atomic E-state index is 13.5. The van der Waals surface area contributed by atoms with Gasteiger partial charge in [0.05, 0.1) is 26.4 Å². The molecule has 2 aromatic heterocycles. The summed E-state index contributed by atoms with van der Waals surface area (Å²) in [7, 11) is 1.49. The molecule has 0 radical (unpaired) electrons. The van der Waals surface area contributed by atoms with Crippen LogP contribution in [0.5, 0.6) is 5.75 Å². The number of halogens is 4. The number of para-hydroxylation sites is 1. The molecule has 6 nitrogen and oxygen atoms in total. The van der Waals surface area contributed by atoms with Gasteiger partial charge in [-0.3, -0.25) is 9.29 Å². The quantitative estimate of drug-likeness (QED) is 0.296. The van der Waals surface area contributed by atoms with E-state index in [9.17, 15) is 17.6 Å². The van der Waals surface area contributed by atoms with Crippen molar-refractivity contribution in [2.45, 2.75) is 25.1 Å². The zero-order valence-electron chi connectivity index (χ0n) is 19.0. The molecular weight excluding hydrogens is 450 g/mol. The molecule has 34 heavy (non-hydrogen) atoms. The summed E-state index contributed by atoms with van der Waals surface area (Å²) in [5.41, 5.74) is 3.04. The summed E-state index contributed by atoms with van der Waals surface area (Å²) in [5.74, 6) is 0.966. The van der Waals surface area contributed by atoms with Crippen LogP contribution in [0.3, 0.4) is 0 Å². The van der Waals surface area contributed by atoms with Crippen LogP contribution in [-0.4, -0.2) is 67.6 Å². The van der Waals surface area contributed by atoms with Crippen LogP contribution in [0.4, 0.5) is 23.4 Å². The van der Waals surface area contributed by atoms with E-state index in [0.717, 1.165) is 16.5 Å². The second-order valence-electron chi connectivity index (χ2n) is 8.30. The van der Waals surface area contributed by atoms with Gasteiger partial charge in [-0.15, -0.1) is 0 Å². The molecule has 1 unspecified atom stereocenters. The third-order valence-electron chi connectivity index (χ3n) is 5.98. The molecule has 0 aliphatic carbocycles. The van der Waals surface area contributed by atoms with Crippen molar-refractivity contribution in [3.63, 3.8) is 0 Å². The highest BCUT2D eigenvalue weighted by Crippen LogP contribution is 2.42. The van der Waals surface area contributed by atoms with E-state index in [2.05, 4.69) is 15.6 Å². The first kappa shape index (κ1) is 24.3.